The van der Waals surface area contributed by atoms with E-state index in [1.807, 2.05) is 36.1 Å². The van der Waals surface area contributed by atoms with E-state index in [1.54, 1.807) is 16.2 Å². The van der Waals surface area contributed by atoms with Crippen LogP contribution in [0, 0.1) is 0 Å². The third-order valence-corrected chi connectivity index (χ3v) is 6.48. The molecule has 6 heteroatoms. The van der Waals surface area contributed by atoms with E-state index in [1.165, 1.54) is 10.4 Å². The standard InChI is InChI=1S/C22H27ClN2O2S/c1-3-5-12-24(20(26)4-2)15-21(27)25-13-10-19-18(11-14-28-19)22(25)16-6-8-17(23)9-7-16/h6-9,11,14,22H,3-5,10,12-13,15H2,1-2H3. The van der Waals surface area contributed by atoms with Crippen molar-refractivity contribution in [1.29, 1.82) is 0 Å². The van der Waals surface area contributed by atoms with Gasteiger partial charge < -0.3 is 9.80 Å². The second-order valence-corrected chi connectivity index (χ2v) is 8.55. The smallest absolute Gasteiger partial charge is 0.242 e. The molecular weight excluding hydrogens is 392 g/mol. The molecule has 1 aliphatic heterocycles. The Hall–Kier alpha value is -1.85. The number of benzene rings is 1. The van der Waals surface area contributed by atoms with Crippen molar-refractivity contribution in [2.24, 2.45) is 0 Å². The summed E-state index contributed by atoms with van der Waals surface area (Å²) in [6, 6.07) is 9.72. The van der Waals surface area contributed by atoms with E-state index >= 15 is 0 Å². The van der Waals surface area contributed by atoms with Crippen LogP contribution in [0.5, 0.6) is 0 Å². The first-order chi connectivity index (χ1) is 13.5. The SMILES string of the molecule is CCCCN(CC(=O)N1CCc2sccc2C1c1ccc(Cl)cc1)C(=O)CC. The maximum Gasteiger partial charge on any atom is 0.242 e. The molecule has 0 N–H and O–H groups in total. The molecule has 0 spiro atoms. The highest BCUT2D eigenvalue weighted by Gasteiger charge is 2.33. The fourth-order valence-corrected chi connectivity index (χ4v) is 4.74. The fourth-order valence-electron chi connectivity index (χ4n) is 3.71. The lowest BCUT2D eigenvalue weighted by molar-refractivity contribution is -0.141. The zero-order chi connectivity index (χ0) is 20.1. The van der Waals surface area contributed by atoms with Gasteiger partial charge in [0.25, 0.3) is 0 Å². The normalized spacial score (nSPS) is 16.0. The number of halogens is 1. The van der Waals surface area contributed by atoms with Gasteiger partial charge in [0, 0.05) is 29.4 Å². The van der Waals surface area contributed by atoms with Crippen LogP contribution in [0.3, 0.4) is 0 Å². The van der Waals surface area contributed by atoms with Crippen molar-refractivity contribution in [3.05, 3.63) is 56.7 Å². The molecule has 1 atom stereocenters. The van der Waals surface area contributed by atoms with Crippen molar-refractivity contribution in [2.75, 3.05) is 19.6 Å². The Kier molecular flexibility index (Phi) is 7.13. The van der Waals surface area contributed by atoms with Gasteiger partial charge in [-0.15, -0.1) is 11.3 Å². The van der Waals surface area contributed by atoms with Crippen LogP contribution in [0.15, 0.2) is 35.7 Å². The Morgan fingerprint density at radius 1 is 1.21 bits per heavy atom. The summed E-state index contributed by atoms with van der Waals surface area (Å²) in [5, 5.41) is 2.78. The minimum atomic E-state index is -0.121. The maximum absolute atomic E-state index is 13.3. The summed E-state index contributed by atoms with van der Waals surface area (Å²) in [6.45, 7) is 5.40. The summed E-state index contributed by atoms with van der Waals surface area (Å²) >= 11 is 7.82. The lowest BCUT2D eigenvalue weighted by Gasteiger charge is -2.37. The molecule has 1 aliphatic rings. The first-order valence-corrected chi connectivity index (χ1v) is 11.2. The van der Waals surface area contributed by atoms with Crippen molar-refractivity contribution in [1.82, 2.24) is 9.80 Å². The van der Waals surface area contributed by atoms with Crippen molar-refractivity contribution in [3.63, 3.8) is 0 Å². The van der Waals surface area contributed by atoms with Crippen LogP contribution in [0.4, 0.5) is 0 Å². The van der Waals surface area contributed by atoms with Crippen LogP contribution in [-0.2, 0) is 16.0 Å². The maximum atomic E-state index is 13.3. The Labute approximate surface area is 176 Å². The molecule has 150 valence electrons. The summed E-state index contributed by atoms with van der Waals surface area (Å²) in [5.74, 6) is 0.0489. The number of unbranched alkanes of at least 4 members (excludes halogenated alkanes) is 1. The van der Waals surface area contributed by atoms with E-state index in [4.69, 9.17) is 11.6 Å². The molecule has 0 saturated heterocycles. The third-order valence-electron chi connectivity index (χ3n) is 5.23. The molecule has 0 aliphatic carbocycles. The molecule has 2 heterocycles. The number of carbonyl (C=O) groups excluding carboxylic acids is 2. The Balaban J connectivity index is 1.86. The molecule has 0 radical (unpaired) electrons. The van der Waals surface area contributed by atoms with Crippen LogP contribution in [0.25, 0.3) is 0 Å². The summed E-state index contributed by atoms with van der Waals surface area (Å²) < 4.78 is 0. The number of carbonyl (C=O) groups is 2. The van der Waals surface area contributed by atoms with Gasteiger partial charge in [0.05, 0.1) is 12.6 Å². The number of rotatable bonds is 7. The first-order valence-electron chi connectivity index (χ1n) is 9.94. The van der Waals surface area contributed by atoms with Crippen LogP contribution in [0.1, 0.15) is 55.2 Å². The van der Waals surface area contributed by atoms with Gasteiger partial charge >= 0.3 is 0 Å². The molecule has 1 aromatic carbocycles. The Bertz CT molecular complexity index is 818. The van der Waals surface area contributed by atoms with Crippen LogP contribution >= 0.6 is 22.9 Å². The molecule has 3 rings (SSSR count). The molecule has 1 aromatic heterocycles. The molecule has 0 bridgehead atoms. The van der Waals surface area contributed by atoms with Gasteiger partial charge in [0.2, 0.25) is 11.8 Å². The Morgan fingerprint density at radius 3 is 2.64 bits per heavy atom. The van der Waals surface area contributed by atoms with Gasteiger partial charge in [0.15, 0.2) is 0 Å². The molecular formula is C22H27ClN2O2S. The first kappa shape index (κ1) is 20.9. The second-order valence-electron chi connectivity index (χ2n) is 7.11. The largest absolute Gasteiger partial charge is 0.333 e. The van der Waals surface area contributed by atoms with E-state index < -0.39 is 0 Å². The average Bonchev–Trinajstić information content (AvgIpc) is 3.19. The number of amides is 2. The topological polar surface area (TPSA) is 40.6 Å². The highest BCUT2D eigenvalue weighted by atomic mass is 35.5. The zero-order valence-electron chi connectivity index (χ0n) is 16.5. The summed E-state index contributed by atoms with van der Waals surface area (Å²) in [7, 11) is 0. The van der Waals surface area contributed by atoms with Gasteiger partial charge in [-0.1, -0.05) is 44.0 Å². The van der Waals surface area contributed by atoms with Crippen molar-refractivity contribution < 1.29 is 9.59 Å². The number of nitrogens with zero attached hydrogens (tertiary/aromatic N) is 2. The highest BCUT2D eigenvalue weighted by Crippen LogP contribution is 2.38. The average molecular weight is 419 g/mol. The zero-order valence-corrected chi connectivity index (χ0v) is 18.1. The van der Waals surface area contributed by atoms with Crippen molar-refractivity contribution >= 4 is 34.8 Å². The predicted molar refractivity (Wildman–Crippen MR) is 115 cm³/mol. The third kappa shape index (κ3) is 4.58. The number of hydrogen-bond acceptors (Lipinski definition) is 3. The van der Waals surface area contributed by atoms with E-state index in [-0.39, 0.29) is 24.4 Å². The number of hydrogen-bond donors (Lipinski definition) is 0. The van der Waals surface area contributed by atoms with Crippen LogP contribution in [-0.4, -0.2) is 41.2 Å². The summed E-state index contributed by atoms with van der Waals surface area (Å²) in [5.41, 5.74) is 2.24. The molecule has 2 aromatic rings. The van der Waals surface area contributed by atoms with Crippen LogP contribution < -0.4 is 0 Å². The van der Waals surface area contributed by atoms with E-state index in [9.17, 15) is 9.59 Å². The monoisotopic (exact) mass is 418 g/mol. The van der Waals surface area contributed by atoms with Gasteiger partial charge in [-0.2, -0.15) is 0 Å². The number of thiophene rings is 1. The highest BCUT2D eigenvalue weighted by molar-refractivity contribution is 7.10. The van der Waals surface area contributed by atoms with E-state index in [2.05, 4.69) is 18.4 Å². The molecule has 4 nitrogen and oxygen atoms in total. The van der Waals surface area contributed by atoms with E-state index in [0.29, 0.717) is 24.5 Å². The van der Waals surface area contributed by atoms with Gasteiger partial charge in [-0.05, 0) is 47.5 Å². The van der Waals surface area contributed by atoms with E-state index in [0.717, 1.165) is 24.8 Å². The molecule has 0 saturated carbocycles. The van der Waals surface area contributed by atoms with Crippen molar-refractivity contribution in [3.8, 4) is 0 Å². The second kappa shape index (κ2) is 9.57. The van der Waals surface area contributed by atoms with Crippen molar-refractivity contribution in [2.45, 2.75) is 45.6 Å². The fraction of sp³-hybridized carbons (Fsp3) is 0.455. The predicted octanol–water partition coefficient (Wildman–Crippen LogP) is 4.91. The van der Waals surface area contributed by atoms with Gasteiger partial charge in [-0.25, -0.2) is 0 Å². The summed E-state index contributed by atoms with van der Waals surface area (Å²) in [4.78, 5) is 30.6. The number of fused-ring (bicyclic) bond motifs is 1. The molecule has 2 amide bonds. The summed E-state index contributed by atoms with van der Waals surface area (Å²) in [6.07, 6.45) is 3.19. The minimum Gasteiger partial charge on any atom is -0.333 e. The molecule has 1 unspecified atom stereocenters. The minimum absolute atomic E-state index is 0.00898. The quantitative estimate of drug-likeness (QED) is 0.640. The van der Waals surface area contributed by atoms with Crippen LogP contribution in [0.2, 0.25) is 5.02 Å². The molecule has 28 heavy (non-hydrogen) atoms. The van der Waals surface area contributed by atoms with Gasteiger partial charge in [-0.3, -0.25) is 9.59 Å². The lowest BCUT2D eigenvalue weighted by atomic mass is 9.93. The molecule has 0 fully saturated rings. The van der Waals surface area contributed by atoms with Gasteiger partial charge in [0.1, 0.15) is 0 Å². The Morgan fingerprint density at radius 2 is 1.96 bits per heavy atom. The lowest BCUT2D eigenvalue weighted by Crippen LogP contribution is -2.46.